The van der Waals surface area contributed by atoms with Gasteiger partial charge in [0.05, 0.1) is 36.8 Å². The summed E-state index contributed by atoms with van der Waals surface area (Å²) in [5.41, 5.74) is 0.969. The molecule has 1 heterocycles. The molecule has 81 heavy (non-hydrogen) atoms. The molecule has 5 N–H and O–H groups in total. The summed E-state index contributed by atoms with van der Waals surface area (Å²) in [5, 5.41) is 21.9. The minimum atomic E-state index is -1.04. The number of methoxy groups -OCH3 is 2. The lowest BCUT2D eigenvalue weighted by Gasteiger charge is -2.41. The van der Waals surface area contributed by atoms with Crippen molar-refractivity contribution in [3.8, 4) is 0 Å². The van der Waals surface area contributed by atoms with Gasteiger partial charge in [-0.1, -0.05) is 118 Å². The van der Waals surface area contributed by atoms with Gasteiger partial charge >= 0.3 is 12.2 Å². The number of alkyl carbamates (subject to hydrolysis) is 1. The smallest absolute Gasteiger partial charge is 0.410 e. The molecule has 12 atom stereocenters. The number of ether oxygens (including phenoxy) is 4. The fourth-order valence-corrected chi connectivity index (χ4v) is 10.5. The monoisotopic (exact) mass is 1140 g/mol. The lowest BCUT2D eigenvalue weighted by atomic mass is 9.85. The summed E-state index contributed by atoms with van der Waals surface area (Å²) in [6.07, 6.45) is -1.61. The highest BCUT2D eigenvalue weighted by Crippen LogP contribution is 2.32. The number of hydrogen-bond acceptors (Lipinski definition) is 13. The Bertz CT molecular complexity index is 2380. The Labute approximate surface area is 481 Å². The molecule has 2 aromatic rings. The van der Waals surface area contributed by atoms with E-state index in [4.69, 9.17) is 18.9 Å². The second-order valence-corrected chi connectivity index (χ2v) is 24.0. The van der Waals surface area contributed by atoms with Crippen LogP contribution in [-0.4, -0.2) is 156 Å². The molecular formula is C61H97N7O13. The highest BCUT2D eigenvalue weighted by molar-refractivity contribution is 5.98. The standard InChI is InChI=1S/C61H97N7O13/c1-19-38(8)52(47(78-17)33-48(70)68-31-23-26-45(68)54(79-18)40(10)46(69)32-39(9)53(71)43-24-21-20-22-25-43)66(15)58(75)50(36(4)5)64-57(74)51(37(6)7)67(16)60(77)80-34-42-27-29-44(30-28-42)63-55(72)41(11)62-56(73)49(35(2)3)65-59(76)81-61(12,13)14/h20-22,24-25,27-30,35-41,45,47,49-54,71H,19,23,26,31-34H2,1-18H3,(H,62,73)(H,63,72)(H,64,74)(H,65,76)/t38-,39-,40-,41-,45?,47+,49-,50-,51-,52-,53+,54+/m0/s1. The lowest BCUT2D eigenvalue weighted by Crippen LogP contribution is -2.60. The van der Waals surface area contributed by atoms with E-state index in [0.717, 1.165) is 5.56 Å². The molecular weight excluding hydrogens is 1040 g/mol. The molecule has 20 heteroatoms. The summed E-state index contributed by atoms with van der Waals surface area (Å²) in [5.74, 6) is -4.42. The van der Waals surface area contributed by atoms with E-state index in [1.54, 1.807) is 96.7 Å². The molecule has 20 nitrogen and oxygen atoms in total. The fourth-order valence-electron chi connectivity index (χ4n) is 10.5. The van der Waals surface area contributed by atoms with Crippen molar-refractivity contribution in [3.05, 3.63) is 65.7 Å². The zero-order chi connectivity index (χ0) is 61.2. The van der Waals surface area contributed by atoms with E-state index in [0.29, 0.717) is 37.1 Å². The second kappa shape index (κ2) is 31.9. The van der Waals surface area contributed by atoms with Gasteiger partial charge in [-0.25, -0.2) is 9.59 Å². The first-order valence-electron chi connectivity index (χ1n) is 28.7. The number of Topliss-reactive ketones (excluding diaryl/α,β-unsaturated/α-hetero) is 1. The molecule has 3 rings (SSSR count). The van der Waals surface area contributed by atoms with Gasteiger partial charge in [-0.2, -0.15) is 0 Å². The first-order valence-corrected chi connectivity index (χ1v) is 28.7. The Morgan fingerprint density at radius 3 is 1.85 bits per heavy atom. The van der Waals surface area contributed by atoms with Crippen molar-refractivity contribution in [2.24, 2.45) is 35.5 Å². The number of nitrogens with zero attached hydrogens (tertiary/aromatic N) is 3. The number of nitrogens with one attached hydrogen (secondary N) is 4. The second-order valence-electron chi connectivity index (χ2n) is 24.0. The van der Waals surface area contributed by atoms with Gasteiger partial charge in [-0.05, 0) is 93.4 Å². The Kier molecular flexibility index (Phi) is 27.2. The lowest BCUT2D eigenvalue weighted by molar-refractivity contribution is -0.148. The maximum absolute atomic E-state index is 14.7. The molecule has 454 valence electrons. The normalized spacial score (nSPS) is 17.8. The molecule has 1 unspecified atom stereocenters. The van der Waals surface area contributed by atoms with Crippen molar-refractivity contribution in [1.82, 2.24) is 30.7 Å². The Hall–Kier alpha value is -6.12. The van der Waals surface area contributed by atoms with Gasteiger partial charge in [0, 0.05) is 52.9 Å². The van der Waals surface area contributed by atoms with Crippen molar-refractivity contribution < 1.29 is 62.4 Å². The molecule has 0 bridgehead atoms. The summed E-state index contributed by atoms with van der Waals surface area (Å²) in [6, 6.07) is 10.8. The number of ketones is 1. The van der Waals surface area contributed by atoms with Crippen LogP contribution in [0.3, 0.4) is 0 Å². The van der Waals surface area contributed by atoms with Crippen LogP contribution in [0.15, 0.2) is 54.6 Å². The number of aliphatic hydroxyl groups excluding tert-OH is 1. The molecule has 0 radical (unpaired) electrons. The number of carbonyl (C=O) groups is 8. The fraction of sp³-hybridized carbons (Fsp3) is 0.672. The number of rotatable bonds is 29. The molecule has 1 aliphatic rings. The predicted octanol–water partition coefficient (Wildman–Crippen LogP) is 7.66. The maximum atomic E-state index is 14.7. The molecule has 0 aliphatic carbocycles. The number of likely N-dealkylation sites (tertiary alicyclic amines) is 1. The van der Waals surface area contributed by atoms with E-state index >= 15 is 0 Å². The van der Waals surface area contributed by atoms with Crippen LogP contribution in [-0.2, 0) is 54.3 Å². The van der Waals surface area contributed by atoms with E-state index in [9.17, 15) is 43.5 Å². The molecule has 2 aromatic carbocycles. The van der Waals surface area contributed by atoms with Crippen molar-refractivity contribution in [3.63, 3.8) is 0 Å². The van der Waals surface area contributed by atoms with E-state index in [1.807, 2.05) is 71.9 Å². The molecule has 7 amide bonds. The van der Waals surface area contributed by atoms with E-state index in [2.05, 4.69) is 21.3 Å². The Morgan fingerprint density at radius 1 is 0.716 bits per heavy atom. The van der Waals surface area contributed by atoms with Crippen LogP contribution < -0.4 is 21.3 Å². The molecule has 1 fully saturated rings. The van der Waals surface area contributed by atoms with Crippen molar-refractivity contribution in [1.29, 1.82) is 0 Å². The largest absolute Gasteiger partial charge is 0.445 e. The van der Waals surface area contributed by atoms with Gasteiger partial charge in [0.1, 0.15) is 42.2 Å². The average molecular weight is 1140 g/mol. The van der Waals surface area contributed by atoms with Gasteiger partial charge in [-0.3, -0.25) is 33.7 Å². The SMILES string of the molecule is CC[C@H](C)[C@@H]([C@@H](CC(=O)N1CCCC1[C@H](OC)[C@@H](C)C(=O)C[C@H](C)[C@@H](O)c1ccccc1)OC)N(C)C(=O)[C@@H](NC(=O)[C@H](C(C)C)N(C)C(=O)OCc1ccc(NC(=O)[C@H](C)NC(=O)[C@@H](NC(=O)OC(C)(C)C)C(C)C)cc1)C(C)C. The Balaban J connectivity index is 1.67. The summed E-state index contributed by atoms with van der Waals surface area (Å²) in [6.45, 7) is 25.3. The minimum Gasteiger partial charge on any atom is -0.445 e. The zero-order valence-corrected chi connectivity index (χ0v) is 51.5. The number of carbonyl (C=O) groups excluding carboxylic acids is 8. The van der Waals surface area contributed by atoms with Crippen molar-refractivity contribution >= 4 is 53.2 Å². The number of aliphatic hydroxyl groups is 1. The number of likely N-dealkylation sites (N-methyl/N-ethyl adjacent to an activating group) is 2. The third kappa shape index (κ3) is 20.1. The van der Waals surface area contributed by atoms with Crippen LogP contribution in [0.25, 0.3) is 0 Å². The van der Waals surface area contributed by atoms with Gasteiger partial charge in [0.25, 0.3) is 0 Å². The number of hydrogen-bond donors (Lipinski definition) is 5. The maximum Gasteiger partial charge on any atom is 0.410 e. The first kappa shape index (κ1) is 69.2. The average Bonchev–Trinajstić information content (AvgIpc) is 3.91. The first-order chi connectivity index (χ1) is 37.9. The zero-order valence-electron chi connectivity index (χ0n) is 51.5. The molecule has 0 spiro atoms. The van der Waals surface area contributed by atoms with Crippen LogP contribution in [0.1, 0.15) is 146 Å². The number of amides is 7. The summed E-state index contributed by atoms with van der Waals surface area (Å²) in [4.78, 5) is 114. The van der Waals surface area contributed by atoms with Gasteiger partial charge in [-0.15, -0.1) is 0 Å². The molecule has 1 saturated heterocycles. The van der Waals surface area contributed by atoms with Gasteiger partial charge in [0.2, 0.25) is 29.5 Å². The van der Waals surface area contributed by atoms with Crippen LogP contribution in [0.2, 0.25) is 0 Å². The number of benzene rings is 2. The summed E-state index contributed by atoms with van der Waals surface area (Å²) < 4.78 is 23.0. The molecule has 0 aromatic heterocycles. The third-order valence-electron chi connectivity index (χ3n) is 15.3. The Morgan fingerprint density at radius 2 is 1.32 bits per heavy atom. The quantitative estimate of drug-likeness (QED) is 0.0525. The minimum absolute atomic E-state index is 0.0567. The van der Waals surface area contributed by atoms with Crippen molar-refractivity contribution in [2.75, 3.05) is 40.2 Å². The topological polar surface area (TPSA) is 252 Å². The van der Waals surface area contributed by atoms with E-state index < -0.39 is 102 Å². The van der Waals surface area contributed by atoms with Crippen LogP contribution in [0.4, 0.5) is 15.3 Å². The molecule has 1 aliphatic heterocycles. The predicted molar refractivity (Wildman–Crippen MR) is 310 cm³/mol. The molecule has 0 saturated carbocycles. The van der Waals surface area contributed by atoms with Crippen LogP contribution >= 0.6 is 0 Å². The van der Waals surface area contributed by atoms with Gasteiger partial charge < -0.3 is 55.1 Å². The highest BCUT2D eigenvalue weighted by atomic mass is 16.6. The third-order valence-corrected chi connectivity index (χ3v) is 15.3. The summed E-state index contributed by atoms with van der Waals surface area (Å²) in [7, 11) is 6.18. The highest BCUT2D eigenvalue weighted by Gasteiger charge is 2.44. The van der Waals surface area contributed by atoms with Gasteiger partial charge in [0.15, 0.2) is 0 Å². The van der Waals surface area contributed by atoms with E-state index in [1.165, 1.54) is 26.0 Å². The van der Waals surface area contributed by atoms with Crippen LogP contribution in [0.5, 0.6) is 0 Å². The van der Waals surface area contributed by atoms with Crippen molar-refractivity contribution in [2.45, 2.75) is 196 Å². The van der Waals surface area contributed by atoms with Crippen LogP contribution in [0, 0.1) is 35.5 Å². The summed E-state index contributed by atoms with van der Waals surface area (Å²) >= 11 is 0. The van der Waals surface area contributed by atoms with E-state index in [-0.39, 0.29) is 60.9 Å². The number of anilines is 1.